The summed E-state index contributed by atoms with van der Waals surface area (Å²) in [4.78, 5) is 8.09. The molecule has 3 rings (SSSR count). The van der Waals surface area contributed by atoms with E-state index in [2.05, 4.69) is 38.0 Å². The summed E-state index contributed by atoms with van der Waals surface area (Å²) in [7, 11) is 1.70. The molecule has 0 aliphatic carbocycles. The number of nitrogens with one attached hydrogen (secondary N) is 2. The fraction of sp³-hybridized carbons (Fsp3) is 0.400. The largest absolute Gasteiger partial charge is 0.354 e. The Labute approximate surface area is 186 Å². The quantitative estimate of drug-likeness (QED) is 0.350. The van der Waals surface area contributed by atoms with Gasteiger partial charge in [0.25, 0.3) is 0 Å². The van der Waals surface area contributed by atoms with Gasteiger partial charge in [-0.2, -0.15) is 5.26 Å². The fourth-order valence-electron chi connectivity index (χ4n) is 3.32. The van der Waals surface area contributed by atoms with E-state index >= 15 is 0 Å². The number of guanidine groups is 1. The Balaban J connectivity index is 0.00000280. The lowest BCUT2D eigenvalue weighted by atomic mass is 10.1. The molecule has 1 aliphatic rings. The normalized spacial score (nSPS) is 15.5. The van der Waals surface area contributed by atoms with Crippen LogP contribution in [0.4, 0.5) is 4.39 Å². The number of thiophene rings is 1. The molecule has 2 aromatic rings. The molecule has 1 atom stereocenters. The molecule has 1 aliphatic heterocycles. The van der Waals surface area contributed by atoms with Gasteiger partial charge >= 0.3 is 0 Å². The van der Waals surface area contributed by atoms with Crippen molar-refractivity contribution in [2.24, 2.45) is 4.99 Å². The number of likely N-dealkylation sites (tertiary alicyclic amines) is 1. The smallest absolute Gasteiger partial charge is 0.191 e. The molecule has 2 N–H and O–H groups in total. The van der Waals surface area contributed by atoms with Gasteiger partial charge in [-0.25, -0.2) is 4.39 Å². The van der Waals surface area contributed by atoms with Crippen molar-refractivity contribution in [3.63, 3.8) is 0 Å². The zero-order valence-corrected chi connectivity index (χ0v) is 19.0. The Kier molecular flexibility index (Phi) is 9.15. The summed E-state index contributed by atoms with van der Waals surface area (Å²) >= 11 is 1.77. The van der Waals surface area contributed by atoms with Crippen molar-refractivity contribution in [1.82, 2.24) is 15.5 Å². The molecule has 1 aromatic heterocycles. The standard InChI is InChI=1S/C20H24FN5S.HI/c1-23-20(24-13-16-11-15(12-22)6-7-17(16)21)25-14-18(19-5-4-10-27-19)26-8-2-3-9-26;/h4-7,10-11,18H,2-3,8-9,13-14H2,1H3,(H2,23,24,25);1H. The molecule has 1 aromatic carbocycles. The Bertz CT molecular complexity index is 812. The predicted molar refractivity (Wildman–Crippen MR) is 123 cm³/mol. The second-order valence-corrected chi connectivity index (χ2v) is 7.48. The van der Waals surface area contributed by atoms with E-state index in [0.29, 0.717) is 23.1 Å². The number of hydrogen-bond donors (Lipinski definition) is 2. The summed E-state index contributed by atoms with van der Waals surface area (Å²) in [5.74, 6) is 0.294. The van der Waals surface area contributed by atoms with E-state index in [-0.39, 0.29) is 36.3 Å². The highest BCUT2D eigenvalue weighted by molar-refractivity contribution is 14.0. The maximum absolute atomic E-state index is 13.9. The van der Waals surface area contributed by atoms with E-state index in [0.717, 1.165) is 19.6 Å². The van der Waals surface area contributed by atoms with Gasteiger partial charge in [0.05, 0.1) is 17.7 Å². The lowest BCUT2D eigenvalue weighted by Crippen LogP contribution is -2.42. The van der Waals surface area contributed by atoms with Crippen LogP contribution in [0.15, 0.2) is 40.7 Å². The van der Waals surface area contributed by atoms with Gasteiger partial charge in [0, 0.05) is 30.6 Å². The number of hydrogen-bond acceptors (Lipinski definition) is 4. The monoisotopic (exact) mass is 513 g/mol. The van der Waals surface area contributed by atoms with Crippen molar-refractivity contribution in [3.8, 4) is 6.07 Å². The number of halogens is 2. The molecule has 0 amide bonds. The van der Waals surface area contributed by atoms with E-state index in [9.17, 15) is 4.39 Å². The Morgan fingerprint density at radius 2 is 2.11 bits per heavy atom. The van der Waals surface area contributed by atoms with Crippen LogP contribution in [0, 0.1) is 17.1 Å². The highest BCUT2D eigenvalue weighted by atomic mass is 127. The van der Waals surface area contributed by atoms with Crippen molar-refractivity contribution >= 4 is 41.3 Å². The fourth-order valence-corrected chi connectivity index (χ4v) is 4.18. The first kappa shape index (κ1) is 22.6. The molecule has 0 radical (unpaired) electrons. The van der Waals surface area contributed by atoms with Crippen LogP contribution in [0.25, 0.3) is 0 Å². The average Bonchev–Trinajstić information content (AvgIpc) is 3.40. The van der Waals surface area contributed by atoms with Gasteiger partial charge in [-0.3, -0.25) is 9.89 Å². The van der Waals surface area contributed by atoms with Crippen LogP contribution in [0.2, 0.25) is 0 Å². The van der Waals surface area contributed by atoms with Gasteiger partial charge in [-0.1, -0.05) is 6.07 Å². The molecule has 0 spiro atoms. The second kappa shape index (κ2) is 11.3. The van der Waals surface area contributed by atoms with E-state index in [4.69, 9.17) is 5.26 Å². The van der Waals surface area contributed by atoms with Crippen molar-refractivity contribution in [1.29, 1.82) is 5.26 Å². The van der Waals surface area contributed by atoms with Crippen LogP contribution in [0.3, 0.4) is 0 Å². The van der Waals surface area contributed by atoms with Crippen LogP contribution in [0.5, 0.6) is 0 Å². The maximum Gasteiger partial charge on any atom is 0.191 e. The lowest BCUT2D eigenvalue weighted by molar-refractivity contribution is 0.249. The first-order chi connectivity index (χ1) is 13.2. The zero-order valence-electron chi connectivity index (χ0n) is 15.8. The minimum Gasteiger partial charge on any atom is -0.354 e. The number of rotatable bonds is 6. The molecule has 5 nitrogen and oxygen atoms in total. The molecule has 1 unspecified atom stereocenters. The van der Waals surface area contributed by atoms with Crippen LogP contribution in [-0.4, -0.2) is 37.5 Å². The van der Waals surface area contributed by atoms with E-state index in [1.54, 1.807) is 24.5 Å². The van der Waals surface area contributed by atoms with Gasteiger partial charge in [-0.15, -0.1) is 35.3 Å². The Morgan fingerprint density at radius 1 is 1.32 bits per heavy atom. The van der Waals surface area contributed by atoms with Crippen LogP contribution in [0.1, 0.15) is 34.9 Å². The van der Waals surface area contributed by atoms with Gasteiger partial charge in [0.15, 0.2) is 5.96 Å². The van der Waals surface area contributed by atoms with Gasteiger partial charge < -0.3 is 10.6 Å². The Hall–Kier alpha value is -1.70. The zero-order chi connectivity index (χ0) is 19.1. The summed E-state index contributed by atoms with van der Waals surface area (Å²) < 4.78 is 13.9. The van der Waals surface area contributed by atoms with Gasteiger partial charge in [0.2, 0.25) is 0 Å². The summed E-state index contributed by atoms with van der Waals surface area (Å²) in [6.45, 7) is 3.24. The number of benzene rings is 1. The minimum atomic E-state index is -0.328. The third kappa shape index (κ3) is 5.90. The number of aliphatic imine (C=N–C) groups is 1. The Morgan fingerprint density at radius 3 is 2.75 bits per heavy atom. The van der Waals surface area contributed by atoms with Crippen LogP contribution < -0.4 is 10.6 Å². The van der Waals surface area contributed by atoms with Gasteiger partial charge in [0.1, 0.15) is 5.82 Å². The minimum absolute atomic E-state index is 0. The summed E-state index contributed by atoms with van der Waals surface area (Å²) in [5, 5.41) is 17.6. The third-order valence-electron chi connectivity index (χ3n) is 4.76. The average molecular weight is 513 g/mol. The molecular weight excluding hydrogens is 488 g/mol. The molecule has 1 fully saturated rings. The molecule has 0 bridgehead atoms. The van der Waals surface area contributed by atoms with Crippen molar-refractivity contribution < 1.29 is 4.39 Å². The highest BCUT2D eigenvalue weighted by Crippen LogP contribution is 2.27. The molecular formula is C20H25FIN5S. The second-order valence-electron chi connectivity index (χ2n) is 6.50. The molecule has 28 heavy (non-hydrogen) atoms. The molecule has 8 heteroatoms. The highest BCUT2D eigenvalue weighted by Gasteiger charge is 2.24. The van der Waals surface area contributed by atoms with Crippen LogP contribution >= 0.6 is 35.3 Å². The first-order valence-corrected chi connectivity index (χ1v) is 9.99. The predicted octanol–water partition coefficient (Wildman–Crippen LogP) is 3.88. The SMILES string of the molecule is CN=C(NCc1cc(C#N)ccc1F)NCC(c1cccs1)N1CCCC1.I. The molecule has 1 saturated heterocycles. The lowest BCUT2D eigenvalue weighted by Gasteiger charge is -2.27. The summed E-state index contributed by atoms with van der Waals surface area (Å²) in [6.07, 6.45) is 2.48. The van der Waals surface area contributed by atoms with Gasteiger partial charge in [-0.05, 0) is 55.6 Å². The van der Waals surface area contributed by atoms with Crippen LogP contribution in [-0.2, 0) is 6.54 Å². The third-order valence-corrected chi connectivity index (χ3v) is 5.73. The van der Waals surface area contributed by atoms with E-state index in [1.165, 1.54) is 29.9 Å². The van der Waals surface area contributed by atoms with Crippen molar-refractivity contribution in [2.75, 3.05) is 26.7 Å². The maximum atomic E-state index is 13.9. The van der Waals surface area contributed by atoms with Crippen molar-refractivity contribution in [3.05, 3.63) is 57.5 Å². The summed E-state index contributed by atoms with van der Waals surface area (Å²) in [5.41, 5.74) is 0.897. The topological polar surface area (TPSA) is 63.5 Å². The first-order valence-electron chi connectivity index (χ1n) is 9.11. The van der Waals surface area contributed by atoms with E-state index in [1.807, 2.05) is 6.07 Å². The molecule has 150 valence electrons. The van der Waals surface area contributed by atoms with Crippen molar-refractivity contribution in [2.45, 2.75) is 25.4 Å². The van der Waals surface area contributed by atoms with E-state index < -0.39 is 0 Å². The number of nitriles is 1. The molecule has 0 saturated carbocycles. The molecule has 2 heterocycles. The number of nitrogens with zero attached hydrogens (tertiary/aromatic N) is 3. The summed E-state index contributed by atoms with van der Waals surface area (Å²) in [6, 6.07) is 11.0.